The van der Waals surface area contributed by atoms with E-state index in [9.17, 15) is 13.2 Å². The van der Waals surface area contributed by atoms with Crippen LogP contribution in [0.5, 0.6) is 0 Å². The molecular formula is C9H19N3O3S. The zero-order valence-corrected chi connectivity index (χ0v) is 10.4. The summed E-state index contributed by atoms with van der Waals surface area (Å²) in [5, 5.41) is 5.87. The minimum absolute atomic E-state index is 0.00164. The molecule has 1 aliphatic heterocycles. The van der Waals surface area contributed by atoms with E-state index in [-0.39, 0.29) is 18.4 Å². The number of carbonyl (C=O) groups is 1. The molecule has 0 spiro atoms. The van der Waals surface area contributed by atoms with E-state index in [1.165, 1.54) is 0 Å². The molecule has 1 heterocycles. The van der Waals surface area contributed by atoms with Crippen molar-refractivity contribution in [2.75, 3.05) is 32.4 Å². The van der Waals surface area contributed by atoms with Crippen LogP contribution in [-0.2, 0) is 14.8 Å². The molecule has 2 atom stereocenters. The Labute approximate surface area is 96.2 Å². The summed E-state index contributed by atoms with van der Waals surface area (Å²) in [7, 11) is -3.17. The van der Waals surface area contributed by atoms with Crippen LogP contribution < -0.4 is 15.4 Å². The quantitative estimate of drug-likeness (QED) is 0.518. The first-order valence-electron chi connectivity index (χ1n) is 5.33. The van der Waals surface area contributed by atoms with E-state index in [1.807, 2.05) is 6.92 Å². The van der Waals surface area contributed by atoms with Crippen LogP contribution >= 0.6 is 0 Å². The van der Waals surface area contributed by atoms with Gasteiger partial charge in [0.25, 0.3) is 0 Å². The van der Waals surface area contributed by atoms with Gasteiger partial charge in [-0.3, -0.25) is 4.79 Å². The average Bonchev–Trinajstić information content (AvgIpc) is 2.57. The highest BCUT2D eigenvalue weighted by molar-refractivity contribution is 7.88. The number of rotatable bonds is 5. The van der Waals surface area contributed by atoms with Crippen LogP contribution in [0.4, 0.5) is 0 Å². The van der Waals surface area contributed by atoms with E-state index < -0.39 is 10.0 Å². The summed E-state index contributed by atoms with van der Waals surface area (Å²) in [5.41, 5.74) is 0. The van der Waals surface area contributed by atoms with Gasteiger partial charge in [0.15, 0.2) is 0 Å². The van der Waals surface area contributed by atoms with Crippen LogP contribution in [0, 0.1) is 11.8 Å². The Balaban J connectivity index is 2.20. The minimum atomic E-state index is -3.17. The highest BCUT2D eigenvalue weighted by atomic mass is 32.2. The van der Waals surface area contributed by atoms with Crippen LogP contribution in [0.15, 0.2) is 0 Å². The van der Waals surface area contributed by atoms with Gasteiger partial charge in [0.05, 0.1) is 12.2 Å². The highest BCUT2D eigenvalue weighted by Gasteiger charge is 2.28. The number of hydrogen-bond acceptors (Lipinski definition) is 4. The van der Waals surface area contributed by atoms with E-state index >= 15 is 0 Å². The number of amides is 1. The molecule has 94 valence electrons. The van der Waals surface area contributed by atoms with Crippen molar-refractivity contribution in [1.82, 2.24) is 15.4 Å². The summed E-state index contributed by atoms with van der Waals surface area (Å²) < 4.78 is 23.8. The lowest BCUT2D eigenvalue weighted by Crippen LogP contribution is -2.39. The summed E-state index contributed by atoms with van der Waals surface area (Å²) >= 11 is 0. The normalized spacial score (nSPS) is 25.6. The maximum Gasteiger partial charge on any atom is 0.224 e. The Bertz CT molecular complexity index is 342. The van der Waals surface area contributed by atoms with E-state index in [2.05, 4.69) is 15.4 Å². The first-order chi connectivity index (χ1) is 7.40. The Morgan fingerprint density at radius 2 is 2.06 bits per heavy atom. The van der Waals surface area contributed by atoms with Gasteiger partial charge in [0.2, 0.25) is 15.9 Å². The van der Waals surface area contributed by atoms with E-state index in [4.69, 9.17) is 0 Å². The van der Waals surface area contributed by atoms with Gasteiger partial charge in [-0.15, -0.1) is 0 Å². The molecule has 1 aliphatic rings. The fourth-order valence-corrected chi connectivity index (χ4v) is 2.19. The van der Waals surface area contributed by atoms with Crippen molar-refractivity contribution < 1.29 is 13.2 Å². The molecule has 1 saturated heterocycles. The van der Waals surface area contributed by atoms with Crippen molar-refractivity contribution in [3.63, 3.8) is 0 Å². The molecular weight excluding hydrogens is 230 g/mol. The second-order valence-electron chi connectivity index (χ2n) is 4.20. The molecule has 16 heavy (non-hydrogen) atoms. The van der Waals surface area contributed by atoms with Crippen LogP contribution in [0.3, 0.4) is 0 Å². The van der Waals surface area contributed by atoms with Crippen LogP contribution in [0.1, 0.15) is 6.92 Å². The molecule has 1 amide bonds. The van der Waals surface area contributed by atoms with Crippen LogP contribution in [-0.4, -0.2) is 46.8 Å². The Kier molecular flexibility index (Phi) is 4.69. The van der Waals surface area contributed by atoms with Gasteiger partial charge >= 0.3 is 0 Å². The smallest absolute Gasteiger partial charge is 0.224 e. The van der Waals surface area contributed by atoms with Gasteiger partial charge in [0.1, 0.15) is 0 Å². The largest absolute Gasteiger partial charge is 0.354 e. The lowest BCUT2D eigenvalue weighted by Gasteiger charge is -2.14. The Hall–Kier alpha value is -0.660. The summed E-state index contributed by atoms with van der Waals surface area (Å²) in [6, 6.07) is 0. The molecule has 0 aromatic heterocycles. The van der Waals surface area contributed by atoms with Crippen molar-refractivity contribution in [1.29, 1.82) is 0 Å². The van der Waals surface area contributed by atoms with Gasteiger partial charge in [-0.2, -0.15) is 0 Å². The second-order valence-corrected chi connectivity index (χ2v) is 6.03. The van der Waals surface area contributed by atoms with Crippen molar-refractivity contribution in [2.24, 2.45) is 11.8 Å². The molecule has 3 N–H and O–H groups in total. The van der Waals surface area contributed by atoms with Gasteiger partial charge in [-0.25, -0.2) is 13.1 Å². The van der Waals surface area contributed by atoms with Gasteiger partial charge in [-0.05, 0) is 12.5 Å². The molecule has 0 saturated carbocycles. The SMILES string of the molecule is C[C@@H]1CNC[C@H]1C(=O)NCCNS(C)(=O)=O. The Morgan fingerprint density at radius 1 is 1.38 bits per heavy atom. The maximum absolute atomic E-state index is 11.7. The molecule has 0 aromatic rings. The molecule has 1 fully saturated rings. The van der Waals surface area contributed by atoms with Crippen LogP contribution in [0.25, 0.3) is 0 Å². The molecule has 0 unspecified atom stereocenters. The lowest BCUT2D eigenvalue weighted by atomic mass is 9.97. The molecule has 0 aliphatic carbocycles. The third-order valence-corrected chi connectivity index (χ3v) is 3.37. The summed E-state index contributed by atoms with van der Waals surface area (Å²) in [6.45, 7) is 4.15. The van der Waals surface area contributed by atoms with Crippen molar-refractivity contribution >= 4 is 15.9 Å². The standard InChI is InChI=1S/C9H19N3O3S/c1-7-5-10-6-8(7)9(13)11-3-4-12-16(2,14)15/h7-8,10,12H,3-6H2,1-2H3,(H,11,13)/t7-,8-/m1/s1. The molecule has 0 aromatic carbocycles. The van der Waals surface area contributed by atoms with Crippen LogP contribution in [0.2, 0.25) is 0 Å². The first kappa shape index (κ1) is 13.4. The fourth-order valence-electron chi connectivity index (χ4n) is 1.71. The van der Waals surface area contributed by atoms with Crippen molar-refractivity contribution in [3.05, 3.63) is 0 Å². The second kappa shape index (κ2) is 5.60. The average molecular weight is 249 g/mol. The molecule has 6 nitrogen and oxygen atoms in total. The number of carbonyl (C=O) groups excluding carboxylic acids is 1. The third-order valence-electron chi connectivity index (χ3n) is 2.64. The monoisotopic (exact) mass is 249 g/mol. The molecule has 0 bridgehead atoms. The van der Waals surface area contributed by atoms with E-state index in [1.54, 1.807) is 0 Å². The zero-order chi connectivity index (χ0) is 12.2. The molecule has 7 heteroatoms. The summed E-state index contributed by atoms with van der Waals surface area (Å²) in [4.78, 5) is 11.7. The fraction of sp³-hybridized carbons (Fsp3) is 0.889. The first-order valence-corrected chi connectivity index (χ1v) is 7.22. The van der Waals surface area contributed by atoms with Gasteiger partial charge in [0, 0.05) is 19.6 Å². The number of nitrogens with one attached hydrogen (secondary N) is 3. The number of hydrogen-bond donors (Lipinski definition) is 3. The highest BCUT2D eigenvalue weighted by Crippen LogP contribution is 2.15. The third kappa shape index (κ3) is 4.46. The van der Waals surface area contributed by atoms with Gasteiger partial charge < -0.3 is 10.6 Å². The summed E-state index contributed by atoms with van der Waals surface area (Å²) in [5.74, 6) is 0.328. The summed E-state index contributed by atoms with van der Waals surface area (Å²) in [6.07, 6.45) is 1.10. The predicted octanol–water partition coefficient (Wildman–Crippen LogP) is -1.49. The molecule has 0 radical (unpaired) electrons. The zero-order valence-electron chi connectivity index (χ0n) is 9.62. The molecule has 1 rings (SSSR count). The van der Waals surface area contributed by atoms with Crippen molar-refractivity contribution in [3.8, 4) is 0 Å². The predicted molar refractivity (Wildman–Crippen MR) is 61.4 cm³/mol. The Morgan fingerprint density at radius 3 is 2.56 bits per heavy atom. The van der Waals surface area contributed by atoms with Gasteiger partial charge in [-0.1, -0.05) is 6.92 Å². The maximum atomic E-state index is 11.7. The van der Waals surface area contributed by atoms with Crippen molar-refractivity contribution in [2.45, 2.75) is 6.92 Å². The van der Waals surface area contributed by atoms with E-state index in [0.29, 0.717) is 19.0 Å². The van der Waals surface area contributed by atoms with E-state index in [0.717, 1.165) is 12.8 Å². The minimum Gasteiger partial charge on any atom is -0.354 e. The lowest BCUT2D eigenvalue weighted by molar-refractivity contribution is -0.125. The topological polar surface area (TPSA) is 87.3 Å². The number of sulfonamides is 1.